The number of pyridine rings is 1. The first kappa shape index (κ1) is 55.0. The standard InChI is InChI=1S/C78H63N4O2.Pt/c1-50(2)63-31-20-32-64(51(3)4)74(63)58-44-60(47-62(45-58)83-61-38-39-67-71(48-61)82(73-46-59(40-41-79-73)78(5,6)7)76-68-30-14-17-37-72(68)84-77(67)76)80-49-81(70-36-16-15-35-69(70)80)75-65(56-28-18-26-54(42-56)52-22-10-8-11-23-52)33-21-34-66(75)57-29-19-27-55(43-57)53-24-12-9-13-25-53;/h8-46,49-51H,1-7H3;/q-3;. The average molecular weight is 1280 g/mol. The van der Waals surface area contributed by atoms with Crippen molar-refractivity contribution >= 4 is 55.7 Å². The SMILES string of the molecule is CC(C)c1cccc(C(C)C)c1-c1cc(Oc2[c-]c3c(cc2)c2oc4ccccc4c2n3-c2cc(C(C)(C)C)ccn2)[c-]c(N2[CH-]N(c3c(-c4cccc(-c5ccccc5)c4)cccc3-c3cccc(-c4ccccc4)c3)c3ccccc32)c1.[Pt]. The number of para-hydroxylation sites is 4. The van der Waals surface area contributed by atoms with Gasteiger partial charge in [0.15, 0.2) is 0 Å². The Kier molecular flexibility index (Phi) is 14.5. The van der Waals surface area contributed by atoms with Crippen molar-refractivity contribution in [1.82, 2.24) is 9.55 Å². The largest absolute Gasteiger partial charge is 0.509 e. The zero-order valence-corrected chi connectivity index (χ0v) is 50.9. The van der Waals surface area contributed by atoms with Gasteiger partial charge in [0.25, 0.3) is 0 Å². The van der Waals surface area contributed by atoms with Crippen LogP contribution in [0.15, 0.2) is 241 Å². The summed E-state index contributed by atoms with van der Waals surface area (Å²) in [7, 11) is 0. The molecule has 0 N–H and O–H groups in total. The second kappa shape index (κ2) is 22.4. The van der Waals surface area contributed by atoms with Crippen molar-refractivity contribution in [3.05, 3.63) is 272 Å². The maximum absolute atomic E-state index is 7.20. The number of hydrogen-bond acceptors (Lipinski definition) is 5. The number of ether oxygens (including phenoxy) is 1. The summed E-state index contributed by atoms with van der Waals surface area (Å²) in [6, 6.07) is 90.0. The number of fused-ring (bicyclic) bond motifs is 6. The molecule has 1 aliphatic rings. The van der Waals surface area contributed by atoms with Crippen LogP contribution in [0.2, 0.25) is 0 Å². The van der Waals surface area contributed by atoms with Gasteiger partial charge in [-0.25, -0.2) is 4.98 Å². The van der Waals surface area contributed by atoms with Crippen molar-refractivity contribution in [3.63, 3.8) is 0 Å². The number of rotatable bonds is 12. The molecule has 7 heteroatoms. The molecule has 0 atom stereocenters. The Bertz CT molecular complexity index is 4500. The van der Waals surface area contributed by atoms with Crippen molar-refractivity contribution in [1.29, 1.82) is 0 Å². The topological polar surface area (TPSA) is 46.7 Å². The molecule has 0 saturated heterocycles. The zero-order chi connectivity index (χ0) is 57.2. The monoisotopic (exact) mass is 1280 g/mol. The summed E-state index contributed by atoms with van der Waals surface area (Å²) < 4.78 is 16.1. The fourth-order valence-corrected chi connectivity index (χ4v) is 12.3. The number of benzene rings is 10. The molecule has 0 aliphatic carbocycles. The normalized spacial score (nSPS) is 12.4. The second-order valence-electron chi connectivity index (χ2n) is 23.6. The van der Waals surface area contributed by atoms with Crippen molar-refractivity contribution < 1.29 is 30.2 Å². The van der Waals surface area contributed by atoms with Crippen molar-refractivity contribution in [3.8, 4) is 73.0 Å². The van der Waals surface area contributed by atoms with Crippen LogP contribution in [0, 0.1) is 18.8 Å². The molecule has 0 bridgehead atoms. The summed E-state index contributed by atoms with van der Waals surface area (Å²) in [6.45, 7) is 18.1. The molecule has 13 aromatic rings. The Morgan fingerprint density at radius 2 is 1.06 bits per heavy atom. The van der Waals surface area contributed by atoms with Gasteiger partial charge in [-0.2, -0.15) is 6.07 Å². The molecule has 6 nitrogen and oxygen atoms in total. The molecule has 0 amide bonds. The summed E-state index contributed by atoms with van der Waals surface area (Å²) in [4.78, 5) is 9.67. The number of anilines is 4. The third kappa shape index (κ3) is 10.1. The molecule has 14 rings (SSSR count). The quantitative estimate of drug-likeness (QED) is 0.114. The molecule has 85 heavy (non-hydrogen) atoms. The van der Waals surface area contributed by atoms with Gasteiger partial charge in [0.2, 0.25) is 0 Å². The Balaban J connectivity index is 0.00000672. The van der Waals surface area contributed by atoms with Gasteiger partial charge in [-0.1, -0.05) is 217 Å². The van der Waals surface area contributed by atoms with Crippen LogP contribution < -0.4 is 14.5 Å². The summed E-state index contributed by atoms with van der Waals surface area (Å²) in [5.41, 5.74) is 22.3. The van der Waals surface area contributed by atoms with Crippen molar-refractivity contribution in [2.45, 2.75) is 65.7 Å². The van der Waals surface area contributed by atoms with Crippen molar-refractivity contribution in [2.75, 3.05) is 9.80 Å². The fourth-order valence-electron chi connectivity index (χ4n) is 12.3. The first-order valence-electron chi connectivity index (χ1n) is 29.1. The number of aromatic nitrogens is 2. The maximum Gasteiger partial charge on any atom is 0.136 e. The molecule has 10 aromatic carbocycles. The Labute approximate surface area is 512 Å². The molecule has 4 heterocycles. The fraction of sp³-hybridized carbons (Fsp3) is 0.128. The number of nitrogens with zero attached hydrogens (tertiary/aromatic N) is 4. The van der Waals surface area contributed by atoms with Crippen LogP contribution >= 0.6 is 0 Å². The van der Waals surface area contributed by atoms with E-state index >= 15 is 0 Å². The molecular weight excluding hydrogens is 1220 g/mol. The Morgan fingerprint density at radius 1 is 0.494 bits per heavy atom. The van der Waals surface area contributed by atoms with Crippen molar-refractivity contribution in [2.24, 2.45) is 0 Å². The molecule has 0 fully saturated rings. The minimum atomic E-state index is -0.0998. The molecule has 1 aliphatic heterocycles. The van der Waals surface area contributed by atoms with E-state index in [9.17, 15) is 0 Å². The van der Waals surface area contributed by atoms with Crippen LogP contribution in [-0.2, 0) is 26.5 Å². The molecule has 420 valence electrons. The van der Waals surface area contributed by atoms with Gasteiger partial charge < -0.3 is 23.5 Å². The van der Waals surface area contributed by atoms with Gasteiger partial charge in [0.1, 0.15) is 17.0 Å². The van der Waals surface area contributed by atoms with E-state index in [4.69, 9.17) is 14.1 Å². The zero-order valence-electron chi connectivity index (χ0n) is 48.7. The van der Waals surface area contributed by atoms with E-state index in [0.717, 1.165) is 100 Å². The smallest absolute Gasteiger partial charge is 0.136 e. The van der Waals surface area contributed by atoms with Gasteiger partial charge >= 0.3 is 0 Å². The third-order valence-corrected chi connectivity index (χ3v) is 16.4. The van der Waals surface area contributed by atoms with Gasteiger partial charge in [-0.15, -0.1) is 48.3 Å². The Morgan fingerprint density at radius 3 is 1.69 bits per heavy atom. The first-order valence-corrected chi connectivity index (χ1v) is 29.1. The summed E-state index contributed by atoms with van der Waals surface area (Å²) in [6.07, 6.45) is 1.90. The van der Waals surface area contributed by atoms with Gasteiger partial charge in [0.05, 0.1) is 5.52 Å². The van der Waals surface area contributed by atoms with E-state index in [-0.39, 0.29) is 38.3 Å². The van der Waals surface area contributed by atoms with Crippen LogP contribution in [0.5, 0.6) is 11.5 Å². The van der Waals surface area contributed by atoms with E-state index in [1.807, 2.05) is 24.4 Å². The summed E-state index contributed by atoms with van der Waals surface area (Å²) in [5, 5.41) is 1.93. The molecular formula is C78H63N4O2Pt-3. The second-order valence-corrected chi connectivity index (χ2v) is 23.6. The van der Waals surface area contributed by atoms with Crippen LogP contribution in [-0.4, -0.2) is 9.55 Å². The van der Waals surface area contributed by atoms with Crippen LogP contribution in [0.25, 0.3) is 94.4 Å². The molecule has 3 aromatic heterocycles. The van der Waals surface area contributed by atoms with Gasteiger partial charge in [-0.3, -0.25) is 0 Å². The van der Waals surface area contributed by atoms with E-state index in [1.54, 1.807) is 0 Å². The average Bonchev–Trinajstić information content (AvgIpc) is 2.06. The molecule has 0 spiro atoms. The predicted molar refractivity (Wildman–Crippen MR) is 348 cm³/mol. The summed E-state index contributed by atoms with van der Waals surface area (Å²) in [5.74, 6) is 2.40. The third-order valence-electron chi connectivity index (χ3n) is 16.4. The van der Waals surface area contributed by atoms with E-state index in [0.29, 0.717) is 11.5 Å². The van der Waals surface area contributed by atoms with Gasteiger partial charge in [-0.05, 0) is 121 Å². The van der Waals surface area contributed by atoms with Crippen LogP contribution in [0.3, 0.4) is 0 Å². The molecule has 0 saturated carbocycles. The summed E-state index contributed by atoms with van der Waals surface area (Å²) >= 11 is 0. The minimum absolute atomic E-state index is 0. The van der Waals surface area contributed by atoms with Crippen LogP contribution in [0.4, 0.5) is 22.7 Å². The molecule has 0 radical (unpaired) electrons. The number of furan rings is 1. The van der Waals surface area contributed by atoms with Crippen LogP contribution in [0.1, 0.15) is 77.0 Å². The maximum atomic E-state index is 7.20. The van der Waals surface area contributed by atoms with Gasteiger partial charge in [0, 0.05) is 72.3 Å². The first-order chi connectivity index (χ1) is 40.9. The molecule has 0 unspecified atom stereocenters. The predicted octanol–water partition coefficient (Wildman–Crippen LogP) is 21.6. The van der Waals surface area contributed by atoms with E-state index in [1.165, 1.54) is 33.4 Å². The Hall–Kier alpha value is -9.22. The van der Waals surface area contributed by atoms with E-state index < -0.39 is 0 Å². The van der Waals surface area contributed by atoms with E-state index in [2.05, 4.69) is 294 Å². The minimum Gasteiger partial charge on any atom is -0.509 e. The number of hydrogen-bond donors (Lipinski definition) is 0.